The molecule has 2 rings (SSSR count). The molecule has 20 heavy (non-hydrogen) atoms. The number of benzene rings is 1. The van der Waals surface area contributed by atoms with Gasteiger partial charge in [0.25, 0.3) is 0 Å². The van der Waals surface area contributed by atoms with Crippen LogP contribution >= 0.6 is 0 Å². The van der Waals surface area contributed by atoms with Crippen LogP contribution in [-0.2, 0) is 9.84 Å². The van der Waals surface area contributed by atoms with Gasteiger partial charge in [0.15, 0.2) is 0 Å². The fourth-order valence-corrected chi connectivity index (χ4v) is 4.10. The summed E-state index contributed by atoms with van der Waals surface area (Å²) in [5.41, 5.74) is 0.489. The van der Waals surface area contributed by atoms with Gasteiger partial charge in [0, 0.05) is 17.6 Å². The third kappa shape index (κ3) is 3.49. The minimum Gasteiger partial charge on any atom is -0.496 e. The third-order valence-corrected chi connectivity index (χ3v) is 5.42. The van der Waals surface area contributed by atoms with Crippen molar-refractivity contribution < 1.29 is 17.5 Å². The molecule has 1 fully saturated rings. The Kier molecular flexibility index (Phi) is 4.65. The van der Waals surface area contributed by atoms with Gasteiger partial charge < -0.3 is 10.1 Å². The van der Waals surface area contributed by atoms with Gasteiger partial charge in [-0.2, -0.15) is 0 Å². The summed E-state index contributed by atoms with van der Waals surface area (Å²) in [5, 5.41) is 3.30. The van der Waals surface area contributed by atoms with Crippen LogP contribution in [0.2, 0.25) is 0 Å². The van der Waals surface area contributed by atoms with E-state index < -0.39 is 9.84 Å². The Labute approximate surface area is 119 Å². The minimum absolute atomic E-state index is 0.0952. The zero-order valence-corrected chi connectivity index (χ0v) is 12.5. The van der Waals surface area contributed by atoms with E-state index in [4.69, 9.17) is 4.74 Å². The summed E-state index contributed by atoms with van der Waals surface area (Å²) < 4.78 is 41.9. The SMILES string of the molecule is COc1cccc(F)c1C(C)NC1CCS(=O)(=O)CC1. The molecular weight excluding hydrogens is 281 g/mol. The second-order valence-electron chi connectivity index (χ2n) is 5.17. The first-order chi connectivity index (χ1) is 9.43. The molecule has 0 bridgehead atoms. The van der Waals surface area contributed by atoms with E-state index in [-0.39, 0.29) is 29.4 Å². The minimum atomic E-state index is -2.88. The molecule has 1 saturated heterocycles. The summed E-state index contributed by atoms with van der Waals surface area (Å²) in [6.07, 6.45) is 1.15. The predicted octanol–water partition coefficient (Wildman–Crippen LogP) is 2.06. The summed E-state index contributed by atoms with van der Waals surface area (Å²) in [5.74, 6) is 0.596. The maximum Gasteiger partial charge on any atom is 0.150 e. The third-order valence-electron chi connectivity index (χ3n) is 3.71. The standard InChI is InChI=1S/C14H20FNO3S/c1-10(14-12(15)4-3-5-13(14)19-2)16-11-6-8-20(17,18)9-7-11/h3-5,10-11,16H,6-9H2,1-2H3. The summed E-state index contributed by atoms with van der Waals surface area (Å²) in [6.45, 7) is 1.87. The highest BCUT2D eigenvalue weighted by Gasteiger charge is 2.26. The van der Waals surface area contributed by atoms with Crippen molar-refractivity contribution in [3.05, 3.63) is 29.6 Å². The number of methoxy groups -OCH3 is 1. The number of sulfone groups is 1. The van der Waals surface area contributed by atoms with Crippen molar-refractivity contribution in [1.82, 2.24) is 5.32 Å². The van der Waals surface area contributed by atoms with Gasteiger partial charge in [0.05, 0.1) is 18.6 Å². The van der Waals surface area contributed by atoms with E-state index >= 15 is 0 Å². The monoisotopic (exact) mass is 301 g/mol. The number of halogens is 1. The number of ether oxygens (including phenoxy) is 1. The van der Waals surface area contributed by atoms with Crippen molar-refractivity contribution in [2.75, 3.05) is 18.6 Å². The van der Waals surface area contributed by atoms with Crippen LogP contribution in [0.25, 0.3) is 0 Å². The Morgan fingerprint density at radius 1 is 1.35 bits per heavy atom. The molecule has 0 spiro atoms. The van der Waals surface area contributed by atoms with Gasteiger partial charge in [-0.05, 0) is 31.9 Å². The normalized spacial score (nSPS) is 20.6. The molecule has 4 nitrogen and oxygen atoms in total. The van der Waals surface area contributed by atoms with Crippen LogP contribution in [0.4, 0.5) is 4.39 Å². The lowest BCUT2D eigenvalue weighted by Crippen LogP contribution is -2.39. The van der Waals surface area contributed by atoms with E-state index in [1.807, 2.05) is 6.92 Å². The van der Waals surface area contributed by atoms with Crippen molar-refractivity contribution >= 4 is 9.84 Å². The second kappa shape index (κ2) is 6.10. The van der Waals surface area contributed by atoms with Gasteiger partial charge in [-0.1, -0.05) is 6.07 Å². The fraction of sp³-hybridized carbons (Fsp3) is 0.571. The second-order valence-corrected chi connectivity index (χ2v) is 7.47. The first-order valence-corrected chi connectivity index (χ1v) is 8.54. The fourth-order valence-electron chi connectivity index (χ4n) is 2.61. The number of rotatable bonds is 4. The van der Waals surface area contributed by atoms with Crippen molar-refractivity contribution in [2.45, 2.75) is 31.8 Å². The summed E-state index contributed by atoms with van der Waals surface area (Å²) >= 11 is 0. The molecule has 0 amide bonds. The molecule has 1 heterocycles. The highest BCUT2D eigenvalue weighted by atomic mass is 32.2. The van der Waals surface area contributed by atoms with Gasteiger partial charge in [0.1, 0.15) is 21.4 Å². The van der Waals surface area contributed by atoms with Gasteiger partial charge in [-0.3, -0.25) is 0 Å². The molecule has 1 atom stereocenters. The largest absolute Gasteiger partial charge is 0.496 e. The Hall–Kier alpha value is -1.14. The smallest absolute Gasteiger partial charge is 0.150 e. The molecule has 0 saturated carbocycles. The van der Waals surface area contributed by atoms with Crippen molar-refractivity contribution in [1.29, 1.82) is 0 Å². The topological polar surface area (TPSA) is 55.4 Å². The molecule has 1 aliphatic heterocycles. The zero-order chi connectivity index (χ0) is 14.8. The summed E-state index contributed by atoms with van der Waals surface area (Å²) in [6, 6.07) is 4.61. The van der Waals surface area contributed by atoms with Crippen LogP contribution in [0.15, 0.2) is 18.2 Å². The number of hydrogen-bond donors (Lipinski definition) is 1. The molecule has 1 N–H and O–H groups in total. The van der Waals surface area contributed by atoms with Gasteiger partial charge >= 0.3 is 0 Å². The zero-order valence-electron chi connectivity index (χ0n) is 11.7. The average Bonchev–Trinajstić information content (AvgIpc) is 2.40. The average molecular weight is 301 g/mol. The van der Waals surface area contributed by atoms with Crippen LogP contribution < -0.4 is 10.1 Å². The molecule has 0 radical (unpaired) electrons. The van der Waals surface area contributed by atoms with E-state index in [0.717, 1.165) is 0 Å². The molecule has 6 heteroatoms. The Morgan fingerprint density at radius 2 is 2.00 bits per heavy atom. The van der Waals surface area contributed by atoms with Crippen LogP contribution in [0.5, 0.6) is 5.75 Å². The molecule has 1 aliphatic rings. The van der Waals surface area contributed by atoms with E-state index in [2.05, 4.69) is 5.32 Å². The highest BCUT2D eigenvalue weighted by molar-refractivity contribution is 7.91. The predicted molar refractivity (Wildman–Crippen MR) is 76.2 cm³/mol. The van der Waals surface area contributed by atoms with Crippen molar-refractivity contribution in [3.8, 4) is 5.75 Å². The molecule has 1 aromatic carbocycles. The Bertz CT molecular complexity index is 560. The number of hydrogen-bond acceptors (Lipinski definition) is 4. The molecular formula is C14H20FNO3S. The quantitative estimate of drug-likeness (QED) is 0.925. The van der Waals surface area contributed by atoms with Crippen LogP contribution in [0, 0.1) is 5.82 Å². The van der Waals surface area contributed by atoms with Gasteiger partial charge in [0.2, 0.25) is 0 Å². The van der Waals surface area contributed by atoms with Gasteiger partial charge in [-0.25, -0.2) is 12.8 Å². The summed E-state index contributed by atoms with van der Waals surface area (Å²) in [4.78, 5) is 0. The lowest BCUT2D eigenvalue weighted by Gasteiger charge is -2.27. The number of nitrogens with one attached hydrogen (secondary N) is 1. The van der Waals surface area contributed by atoms with Crippen LogP contribution in [0.1, 0.15) is 31.4 Å². The molecule has 112 valence electrons. The highest BCUT2D eigenvalue weighted by Crippen LogP contribution is 2.28. The van der Waals surface area contributed by atoms with Gasteiger partial charge in [-0.15, -0.1) is 0 Å². The van der Waals surface area contributed by atoms with E-state index in [0.29, 0.717) is 24.2 Å². The first kappa shape index (κ1) is 15.3. The maximum absolute atomic E-state index is 13.9. The molecule has 1 unspecified atom stereocenters. The Balaban J connectivity index is 2.08. The Morgan fingerprint density at radius 3 is 2.60 bits per heavy atom. The maximum atomic E-state index is 13.9. The molecule has 0 aliphatic carbocycles. The molecule has 1 aromatic rings. The summed E-state index contributed by atoms with van der Waals surface area (Å²) in [7, 11) is -1.36. The van der Waals surface area contributed by atoms with E-state index in [1.165, 1.54) is 13.2 Å². The van der Waals surface area contributed by atoms with Crippen LogP contribution in [-0.4, -0.2) is 33.1 Å². The lowest BCUT2D eigenvalue weighted by atomic mass is 10.0. The molecule has 0 aromatic heterocycles. The van der Waals surface area contributed by atoms with Crippen LogP contribution in [0.3, 0.4) is 0 Å². The van der Waals surface area contributed by atoms with E-state index in [1.54, 1.807) is 12.1 Å². The van der Waals surface area contributed by atoms with Crippen molar-refractivity contribution in [2.24, 2.45) is 0 Å². The first-order valence-electron chi connectivity index (χ1n) is 6.72. The lowest BCUT2D eigenvalue weighted by molar-refractivity contribution is 0.374. The van der Waals surface area contributed by atoms with Crippen molar-refractivity contribution in [3.63, 3.8) is 0 Å². The van der Waals surface area contributed by atoms with E-state index in [9.17, 15) is 12.8 Å².